The van der Waals surface area contributed by atoms with Crippen LogP contribution in [0.1, 0.15) is 31.7 Å². The molecule has 0 aromatic heterocycles. The summed E-state index contributed by atoms with van der Waals surface area (Å²) in [5, 5.41) is 0. The van der Waals surface area contributed by atoms with Crippen molar-refractivity contribution in [2.45, 2.75) is 38.8 Å². The number of carbonyl (C=O) groups is 1. The van der Waals surface area contributed by atoms with Crippen molar-refractivity contribution in [2.24, 2.45) is 11.1 Å². The van der Waals surface area contributed by atoms with Crippen molar-refractivity contribution < 1.29 is 13.6 Å². The fourth-order valence-corrected chi connectivity index (χ4v) is 2.87. The molecule has 20 heavy (non-hydrogen) atoms. The van der Waals surface area contributed by atoms with Gasteiger partial charge in [-0.05, 0) is 25.8 Å². The average Bonchev–Trinajstić information content (AvgIpc) is 2.73. The van der Waals surface area contributed by atoms with Crippen molar-refractivity contribution in [1.82, 2.24) is 4.90 Å². The Balaban J connectivity index is 2.11. The number of benzene rings is 1. The lowest BCUT2D eigenvalue weighted by Crippen LogP contribution is -2.47. The van der Waals surface area contributed by atoms with Crippen molar-refractivity contribution in [3.05, 3.63) is 35.4 Å². The molecule has 2 atom stereocenters. The van der Waals surface area contributed by atoms with Crippen LogP contribution in [-0.4, -0.2) is 23.9 Å². The largest absolute Gasteiger partial charge is 0.341 e. The maximum Gasteiger partial charge on any atom is 0.230 e. The van der Waals surface area contributed by atoms with Gasteiger partial charge in [-0.2, -0.15) is 0 Å². The molecule has 2 unspecified atom stereocenters. The van der Waals surface area contributed by atoms with E-state index in [2.05, 4.69) is 0 Å². The van der Waals surface area contributed by atoms with Crippen LogP contribution < -0.4 is 5.73 Å². The van der Waals surface area contributed by atoms with Gasteiger partial charge in [-0.3, -0.25) is 4.79 Å². The molecular weight excluding hydrogens is 262 g/mol. The van der Waals surface area contributed by atoms with Crippen molar-refractivity contribution in [3.8, 4) is 0 Å². The molecule has 110 valence electrons. The SMILES string of the molecule is CN(Cc1ccc(F)cc1F)C(=O)C1(C)CCCC1N. The van der Waals surface area contributed by atoms with Gasteiger partial charge >= 0.3 is 0 Å². The third-order valence-electron chi connectivity index (χ3n) is 4.29. The van der Waals surface area contributed by atoms with Gasteiger partial charge < -0.3 is 10.6 Å². The highest BCUT2D eigenvalue weighted by molar-refractivity contribution is 5.83. The van der Waals surface area contributed by atoms with Crippen LogP contribution >= 0.6 is 0 Å². The van der Waals surface area contributed by atoms with Gasteiger partial charge in [-0.15, -0.1) is 0 Å². The standard InChI is InChI=1S/C15H20F2N2O/c1-15(7-3-4-13(15)18)14(20)19(2)9-10-5-6-11(16)8-12(10)17/h5-6,8,13H,3-4,7,9,18H2,1-2H3. The monoisotopic (exact) mass is 282 g/mol. The first-order valence-electron chi connectivity index (χ1n) is 6.79. The van der Waals surface area contributed by atoms with Gasteiger partial charge in [-0.25, -0.2) is 8.78 Å². The number of nitrogens with two attached hydrogens (primary N) is 1. The normalized spacial score (nSPS) is 25.8. The van der Waals surface area contributed by atoms with Gasteiger partial charge in [0.15, 0.2) is 0 Å². The van der Waals surface area contributed by atoms with Crippen molar-refractivity contribution in [1.29, 1.82) is 0 Å². The number of nitrogens with zero attached hydrogens (tertiary/aromatic N) is 1. The van der Waals surface area contributed by atoms with Gasteiger partial charge in [0.2, 0.25) is 5.91 Å². The summed E-state index contributed by atoms with van der Waals surface area (Å²) < 4.78 is 26.5. The van der Waals surface area contributed by atoms with E-state index in [1.54, 1.807) is 7.05 Å². The number of halogens is 2. The van der Waals surface area contributed by atoms with E-state index in [0.29, 0.717) is 5.56 Å². The van der Waals surface area contributed by atoms with Crippen molar-refractivity contribution in [2.75, 3.05) is 7.05 Å². The first-order chi connectivity index (χ1) is 9.34. The van der Waals surface area contributed by atoms with Gasteiger partial charge in [0.1, 0.15) is 11.6 Å². The minimum absolute atomic E-state index is 0.0776. The predicted octanol–water partition coefficient (Wildman–Crippen LogP) is 2.44. The molecule has 1 aromatic rings. The Kier molecular flexibility index (Phi) is 4.09. The second-order valence-electron chi connectivity index (χ2n) is 5.81. The Morgan fingerprint density at radius 3 is 2.75 bits per heavy atom. The molecular formula is C15H20F2N2O. The van der Waals surface area contributed by atoms with E-state index in [-0.39, 0.29) is 18.5 Å². The molecule has 1 aliphatic rings. The quantitative estimate of drug-likeness (QED) is 0.925. The highest BCUT2D eigenvalue weighted by atomic mass is 19.1. The van der Waals surface area contributed by atoms with Crippen LogP contribution in [-0.2, 0) is 11.3 Å². The summed E-state index contributed by atoms with van der Waals surface area (Å²) in [5.41, 5.74) is 5.75. The number of carbonyl (C=O) groups excluding carboxylic acids is 1. The molecule has 5 heteroatoms. The maximum absolute atomic E-state index is 13.6. The summed E-state index contributed by atoms with van der Waals surface area (Å²) in [6.07, 6.45) is 2.52. The van der Waals surface area contributed by atoms with Crippen molar-refractivity contribution >= 4 is 5.91 Å². The number of rotatable bonds is 3. The Morgan fingerprint density at radius 2 is 2.20 bits per heavy atom. The minimum atomic E-state index is -0.634. The number of amides is 1. The Bertz CT molecular complexity index is 521. The van der Waals surface area contributed by atoms with E-state index in [9.17, 15) is 13.6 Å². The fraction of sp³-hybridized carbons (Fsp3) is 0.533. The minimum Gasteiger partial charge on any atom is -0.341 e. The number of hydrogen-bond acceptors (Lipinski definition) is 2. The van der Waals surface area contributed by atoms with E-state index < -0.39 is 17.0 Å². The highest BCUT2D eigenvalue weighted by Gasteiger charge is 2.44. The molecule has 3 nitrogen and oxygen atoms in total. The zero-order valence-electron chi connectivity index (χ0n) is 11.8. The molecule has 1 fully saturated rings. The molecule has 0 bridgehead atoms. The molecule has 1 aromatic carbocycles. The molecule has 0 spiro atoms. The Labute approximate surface area is 117 Å². The van der Waals surface area contributed by atoms with Crippen LogP contribution in [0.15, 0.2) is 18.2 Å². The van der Waals surface area contributed by atoms with Crippen LogP contribution in [0.3, 0.4) is 0 Å². The second-order valence-corrected chi connectivity index (χ2v) is 5.81. The molecule has 2 N–H and O–H groups in total. The molecule has 1 amide bonds. The molecule has 0 heterocycles. The zero-order valence-corrected chi connectivity index (χ0v) is 11.8. The second kappa shape index (κ2) is 5.48. The Morgan fingerprint density at radius 1 is 1.50 bits per heavy atom. The summed E-state index contributed by atoms with van der Waals surface area (Å²) in [6.45, 7) is 1.98. The topological polar surface area (TPSA) is 46.3 Å². The molecule has 0 radical (unpaired) electrons. The van der Waals surface area contributed by atoms with Crippen molar-refractivity contribution in [3.63, 3.8) is 0 Å². The van der Waals surface area contributed by atoms with Gasteiger partial charge in [0, 0.05) is 31.3 Å². The lowest BCUT2D eigenvalue weighted by molar-refractivity contribution is -0.140. The lowest BCUT2D eigenvalue weighted by Gasteiger charge is -2.32. The van der Waals surface area contributed by atoms with Gasteiger partial charge in [0.05, 0.1) is 5.41 Å². The van der Waals surface area contributed by atoms with E-state index in [4.69, 9.17) is 5.73 Å². The first-order valence-corrected chi connectivity index (χ1v) is 6.79. The smallest absolute Gasteiger partial charge is 0.230 e. The average molecular weight is 282 g/mol. The Hall–Kier alpha value is -1.49. The van der Waals surface area contributed by atoms with Gasteiger partial charge in [-0.1, -0.05) is 12.5 Å². The fourth-order valence-electron chi connectivity index (χ4n) is 2.87. The summed E-state index contributed by atoms with van der Waals surface area (Å²) in [6, 6.07) is 3.23. The lowest BCUT2D eigenvalue weighted by atomic mass is 9.83. The summed E-state index contributed by atoms with van der Waals surface area (Å²) in [4.78, 5) is 14.0. The van der Waals surface area contributed by atoms with Crippen LogP contribution in [0.4, 0.5) is 8.78 Å². The molecule has 0 aliphatic heterocycles. The third kappa shape index (κ3) is 2.68. The summed E-state index contributed by atoms with van der Waals surface area (Å²) in [7, 11) is 1.63. The highest BCUT2D eigenvalue weighted by Crippen LogP contribution is 2.38. The molecule has 1 saturated carbocycles. The van der Waals surface area contributed by atoms with Gasteiger partial charge in [0.25, 0.3) is 0 Å². The maximum atomic E-state index is 13.6. The van der Waals surface area contributed by atoms with E-state index in [1.807, 2.05) is 6.92 Å². The van der Waals surface area contributed by atoms with Crippen LogP contribution in [0.2, 0.25) is 0 Å². The molecule has 2 rings (SSSR count). The van der Waals surface area contributed by atoms with Crippen LogP contribution in [0.5, 0.6) is 0 Å². The van der Waals surface area contributed by atoms with E-state index in [0.717, 1.165) is 25.3 Å². The van der Waals surface area contributed by atoms with E-state index in [1.165, 1.54) is 17.0 Å². The zero-order chi connectivity index (χ0) is 14.9. The number of hydrogen-bond donors (Lipinski definition) is 1. The summed E-state index contributed by atoms with van der Waals surface area (Å²) in [5.74, 6) is -1.33. The summed E-state index contributed by atoms with van der Waals surface area (Å²) >= 11 is 0. The molecule has 1 aliphatic carbocycles. The van der Waals surface area contributed by atoms with Crippen LogP contribution in [0, 0.1) is 17.0 Å². The molecule has 0 saturated heterocycles. The van der Waals surface area contributed by atoms with Crippen LogP contribution in [0.25, 0.3) is 0 Å². The van der Waals surface area contributed by atoms with E-state index >= 15 is 0 Å². The first kappa shape index (κ1) is 14.9. The predicted molar refractivity (Wildman–Crippen MR) is 72.8 cm³/mol. The third-order valence-corrected chi connectivity index (χ3v) is 4.29.